The first-order valence-corrected chi connectivity index (χ1v) is 7.00. The minimum atomic E-state index is -0.456. The highest BCUT2D eigenvalue weighted by Gasteiger charge is 2.18. The largest absolute Gasteiger partial charge is 0.360 e. The molecule has 0 spiro atoms. The molecule has 0 unspecified atom stereocenters. The van der Waals surface area contributed by atoms with Gasteiger partial charge in [-0.05, 0) is 30.3 Å². The number of carbonyl (C=O) groups excluding carboxylic acids is 1. The molecule has 0 atom stereocenters. The van der Waals surface area contributed by atoms with Gasteiger partial charge in [-0.2, -0.15) is 0 Å². The smallest absolute Gasteiger partial charge is 0.196 e. The highest BCUT2D eigenvalue weighted by molar-refractivity contribution is 9.10. The van der Waals surface area contributed by atoms with E-state index in [-0.39, 0.29) is 11.3 Å². The lowest BCUT2D eigenvalue weighted by Crippen LogP contribution is -2.02. The van der Waals surface area contributed by atoms with Gasteiger partial charge in [0, 0.05) is 32.7 Å². The molecule has 20 heavy (non-hydrogen) atoms. The second-order valence-corrected chi connectivity index (χ2v) is 5.58. The number of ketones is 1. The maximum Gasteiger partial charge on any atom is 0.196 e. The highest BCUT2D eigenvalue weighted by Crippen LogP contribution is 2.30. The minimum Gasteiger partial charge on any atom is -0.360 e. The minimum absolute atomic E-state index is 0.269. The van der Waals surface area contributed by atoms with Crippen LogP contribution in [-0.2, 0) is 0 Å². The molecule has 2 nitrogen and oxygen atoms in total. The number of hydrogen-bond donors (Lipinski definition) is 1. The Hall–Kier alpha value is -1.65. The van der Waals surface area contributed by atoms with Gasteiger partial charge in [0.1, 0.15) is 5.82 Å². The predicted molar refractivity (Wildman–Crippen MR) is 80.8 cm³/mol. The van der Waals surface area contributed by atoms with Gasteiger partial charge in [0.05, 0.1) is 5.02 Å². The van der Waals surface area contributed by atoms with E-state index in [1.807, 2.05) is 6.07 Å². The molecule has 5 heteroatoms. The molecular formula is C15H8BrClFNO. The first kappa shape index (κ1) is 13.3. The van der Waals surface area contributed by atoms with Crippen LogP contribution in [0.1, 0.15) is 15.9 Å². The molecule has 0 saturated carbocycles. The van der Waals surface area contributed by atoms with Crippen LogP contribution in [-0.4, -0.2) is 10.8 Å². The quantitative estimate of drug-likeness (QED) is 0.650. The average molecular weight is 353 g/mol. The number of carbonyl (C=O) groups is 1. The van der Waals surface area contributed by atoms with Gasteiger partial charge in [-0.25, -0.2) is 4.39 Å². The number of hydrogen-bond acceptors (Lipinski definition) is 1. The Balaban J connectivity index is 2.21. The SMILES string of the molecule is O=C(c1cc(F)ccc1Br)c1c[nH]c2cccc(Cl)c12. The van der Waals surface area contributed by atoms with E-state index in [9.17, 15) is 9.18 Å². The summed E-state index contributed by atoms with van der Waals surface area (Å²) in [5.74, 6) is -0.738. The van der Waals surface area contributed by atoms with Gasteiger partial charge < -0.3 is 4.98 Å². The molecule has 1 N–H and O–H groups in total. The van der Waals surface area contributed by atoms with Crippen LogP contribution >= 0.6 is 27.5 Å². The summed E-state index contributed by atoms with van der Waals surface area (Å²) in [7, 11) is 0. The Bertz CT molecular complexity index is 828. The summed E-state index contributed by atoms with van der Waals surface area (Å²) in [4.78, 5) is 15.6. The highest BCUT2D eigenvalue weighted by atomic mass is 79.9. The number of H-pyrrole nitrogens is 1. The topological polar surface area (TPSA) is 32.9 Å². The van der Waals surface area contributed by atoms with E-state index in [0.717, 1.165) is 5.52 Å². The van der Waals surface area contributed by atoms with Gasteiger partial charge in [0.15, 0.2) is 5.78 Å². The molecule has 0 amide bonds. The van der Waals surface area contributed by atoms with Crippen molar-refractivity contribution in [2.24, 2.45) is 0 Å². The average Bonchev–Trinajstić information content (AvgIpc) is 2.86. The molecule has 0 aliphatic rings. The van der Waals surface area contributed by atoms with Gasteiger partial charge in [0.25, 0.3) is 0 Å². The van der Waals surface area contributed by atoms with Crippen molar-refractivity contribution in [3.05, 3.63) is 69.0 Å². The molecule has 0 bridgehead atoms. The lowest BCUT2D eigenvalue weighted by atomic mass is 10.0. The summed E-state index contributed by atoms with van der Waals surface area (Å²) >= 11 is 9.42. The van der Waals surface area contributed by atoms with Crippen molar-refractivity contribution >= 4 is 44.2 Å². The Morgan fingerprint density at radius 3 is 2.80 bits per heavy atom. The summed E-state index contributed by atoms with van der Waals surface area (Å²) in [5, 5.41) is 1.13. The fourth-order valence-electron chi connectivity index (χ4n) is 2.14. The number of aromatic amines is 1. The number of rotatable bonds is 2. The van der Waals surface area contributed by atoms with Gasteiger partial charge in [-0.1, -0.05) is 33.6 Å². The Morgan fingerprint density at radius 2 is 2.00 bits per heavy atom. The van der Waals surface area contributed by atoms with E-state index >= 15 is 0 Å². The van der Waals surface area contributed by atoms with Crippen LogP contribution < -0.4 is 0 Å². The first-order valence-electron chi connectivity index (χ1n) is 5.83. The van der Waals surface area contributed by atoms with Crippen LogP contribution in [0.15, 0.2) is 47.1 Å². The van der Waals surface area contributed by atoms with E-state index in [4.69, 9.17) is 11.6 Å². The molecule has 0 radical (unpaired) electrons. The molecular weight excluding hydrogens is 345 g/mol. The van der Waals surface area contributed by atoms with Crippen LogP contribution in [0.5, 0.6) is 0 Å². The maximum absolute atomic E-state index is 13.3. The summed E-state index contributed by atoms with van der Waals surface area (Å²) in [5.41, 5.74) is 1.47. The van der Waals surface area contributed by atoms with Crippen LogP contribution in [0.3, 0.4) is 0 Å². The van der Waals surface area contributed by atoms with Gasteiger partial charge in [0.2, 0.25) is 0 Å². The van der Waals surface area contributed by atoms with Crippen molar-refractivity contribution in [3.8, 4) is 0 Å². The maximum atomic E-state index is 13.3. The monoisotopic (exact) mass is 351 g/mol. The molecule has 0 aliphatic heterocycles. The molecule has 0 aliphatic carbocycles. The van der Waals surface area contributed by atoms with Gasteiger partial charge >= 0.3 is 0 Å². The van der Waals surface area contributed by atoms with Crippen molar-refractivity contribution in [2.75, 3.05) is 0 Å². The number of halogens is 3. The number of benzene rings is 2. The summed E-state index contributed by atoms with van der Waals surface area (Å²) in [6, 6.07) is 9.37. The van der Waals surface area contributed by atoms with Gasteiger partial charge in [-0.15, -0.1) is 0 Å². The molecule has 100 valence electrons. The zero-order valence-electron chi connectivity index (χ0n) is 10.1. The van der Waals surface area contributed by atoms with Crippen molar-refractivity contribution in [1.82, 2.24) is 4.98 Å². The van der Waals surface area contributed by atoms with E-state index < -0.39 is 5.82 Å². The van der Waals surface area contributed by atoms with Crippen molar-refractivity contribution in [2.45, 2.75) is 0 Å². The van der Waals surface area contributed by atoms with Crippen LogP contribution in [0.25, 0.3) is 10.9 Å². The third kappa shape index (κ3) is 2.15. The Labute approximate surface area is 127 Å². The van der Waals surface area contributed by atoms with E-state index in [0.29, 0.717) is 20.4 Å². The summed E-state index contributed by atoms with van der Waals surface area (Å²) in [6.45, 7) is 0. The second kappa shape index (κ2) is 5.04. The Morgan fingerprint density at radius 1 is 1.20 bits per heavy atom. The van der Waals surface area contributed by atoms with Crippen molar-refractivity contribution in [3.63, 3.8) is 0 Å². The lowest BCUT2D eigenvalue weighted by molar-refractivity contribution is 0.103. The van der Waals surface area contributed by atoms with Crippen molar-refractivity contribution < 1.29 is 9.18 Å². The zero-order chi connectivity index (χ0) is 14.3. The third-order valence-electron chi connectivity index (χ3n) is 3.07. The van der Waals surface area contributed by atoms with E-state index in [1.165, 1.54) is 18.2 Å². The summed E-state index contributed by atoms with van der Waals surface area (Å²) < 4.78 is 13.9. The molecule has 1 heterocycles. The predicted octanol–water partition coefficient (Wildman–Crippen LogP) is 4.95. The zero-order valence-corrected chi connectivity index (χ0v) is 12.4. The second-order valence-electron chi connectivity index (χ2n) is 4.32. The van der Waals surface area contributed by atoms with E-state index in [1.54, 1.807) is 18.3 Å². The molecule has 1 aromatic heterocycles. The number of nitrogens with one attached hydrogen (secondary N) is 1. The van der Waals surface area contributed by atoms with Crippen LogP contribution in [0.2, 0.25) is 5.02 Å². The fraction of sp³-hybridized carbons (Fsp3) is 0. The standard InChI is InChI=1S/C15H8BrClFNO/c16-11-5-4-8(18)6-9(11)15(20)10-7-19-13-3-1-2-12(17)14(10)13/h1-7,19H. The molecule has 3 rings (SSSR count). The first-order chi connectivity index (χ1) is 9.58. The molecule has 2 aromatic carbocycles. The third-order valence-corrected chi connectivity index (χ3v) is 4.08. The normalized spacial score (nSPS) is 10.9. The molecule has 0 saturated heterocycles. The lowest BCUT2D eigenvalue weighted by Gasteiger charge is -2.04. The molecule has 3 aromatic rings. The number of aromatic nitrogens is 1. The van der Waals surface area contributed by atoms with Gasteiger partial charge in [-0.3, -0.25) is 4.79 Å². The Kier molecular flexibility index (Phi) is 3.36. The van der Waals surface area contributed by atoms with Crippen LogP contribution in [0.4, 0.5) is 4.39 Å². The van der Waals surface area contributed by atoms with E-state index in [2.05, 4.69) is 20.9 Å². The van der Waals surface area contributed by atoms with Crippen molar-refractivity contribution in [1.29, 1.82) is 0 Å². The molecule has 0 fully saturated rings. The number of fused-ring (bicyclic) bond motifs is 1. The van der Waals surface area contributed by atoms with Crippen LogP contribution in [0, 0.1) is 5.82 Å². The summed E-state index contributed by atoms with van der Waals surface area (Å²) in [6.07, 6.45) is 1.59. The fourth-order valence-corrected chi connectivity index (χ4v) is 2.84.